The van der Waals surface area contributed by atoms with Crippen LogP contribution in [0.4, 0.5) is 0 Å². The van der Waals surface area contributed by atoms with E-state index in [4.69, 9.17) is 5.26 Å². The van der Waals surface area contributed by atoms with Gasteiger partial charge in [-0.25, -0.2) is 0 Å². The number of amides is 1. The largest absolute Gasteiger partial charge is 0.351 e. The molecule has 1 N–H and O–H groups in total. The molecule has 0 aromatic rings. The van der Waals surface area contributed by atoms with Crippen LogP contribution < -0.4 is 5.32 Å². The number of nitrogens with zero attached hydrogens (tertiary/aromatic N) is 2. The molecule has 4 heteroatoms. The molecule has 2 aliphatic heterocycles. The van der Waals surface area contributed by atoms with Gasteiger partial charge in [0.05, 0.1) is 12.1 Å². The third kappa shape index (κ3) is 1.75. The molecule has 2 rings (SSSR count). The minimum atomic E-state index is -0.348. The van der Waals surface area contributed by atoms with Crippen LogP contribution in [0.2, 0.25) is 0 Å². The first kappa shape index (κ1) is 11.3. The predicted molar refractivity (Wildman–Crippen MR) is 60.3 cm³/mol. The van der Waals surface area contributed by atoms with Gasteiger partial charge in [0.25, 0.3) is 0 Å². The second-order valence-electron chi connectivity index (χ2n) is 5.87. The minimum absolute atomic E-state index is 0.0861. The van der Waals surface area contributed by atoms with Gasteiger partial charge in [0.2, 0.25) is 5.91 Å². The van der Waals surface area contributed by atoms with Crippen molar-refractivity contribution in [2.24, 2.45) is 5.41 Å². The first-order valence-electron chi connectivity index (χ1n) is 5.92. The standard InChI is InChI=1S/C12H19N3O/c1-12(2,3)11(16)14-9-6-8-4-5-10(9)15(8)7-13/h8-10H,4-6H2,1-3H3,(H,14,16). The van der Waals surface area contributed by atoms with E-state index in [-0.39, 0.29) is 23.4 Å². The van der Waals surface area contributed by atoms with E-state index in [0.29, 0.717) is 6.04 Å². The van der Waals surface area contributed by atoms with Gasteiger partial charge in [-0.05, 0) is 19.3 Å². The van der Waals surface area contributed by atoms with Crippen molar-refractivity contribution in [3.63, 3.8) is 0 Å². The normalized spacial score (nSPS) is 32.6. The molecule has 1 amide bonds. The molecule has 88 valence electrons. The Kier molecular flexibility index (Phi) is 2.57. The van der Waals surface area contributed by atoms with E-state index >= 15 is 0 Å². The number of fused-ring (bicyclic) bond motifs is 2. The summed E-state index contributed by atoms with van der Waals surface area (Å²) >= 11 is 0. The van der Waals surface area contributed by atoms with Crippen molar-refractivity contribution in [2.75, 3.05) is 0 Å². The highest BCUT2D eigenvalue weighted by atomic mass is 16.2. The van der Waals surface area contributed by atoms with Crippen LogP contribution in [0, 0.1) is 16.9 Å². The number of nitriles is 1. The third-order valence-electron chi connectivity index (χ3n) is 3.65. The Bertz CT molecular complexity index is 339. The maximum atomic E-state index is 11.9. The summed E-state index contributed by atoms with van der Waals surface area (Å²) in [5, 5.41) is 12.1. The molecule has 3 atom stereocenters. The first-order valence-corrected chi connectivity index (χ1v) is 5.92. The van der Waals surface area contributed by atoms with Gasteiger partial charge in [-0.3, -0.25) is 4.79 Å². The summed E-state index contributed by atoms with van der Waals surface area (Å²) in [6.07, 6.45) is 5.31. The lowest BCUT2D eigenvalue weighted by molar-refractivity contribution is -0.129. The van der Waals surface area contributed by atoms with Crippen LogP contribution in [0.1, 0.15) is 40.0 Å². The van der Waals surface area contributed by atoms with Gasteiger partial charge in [0.15, 0.2) is 6.19 Å². The lowest BCUT2D eigenvalue weighted by atomic mass is 9.91. The third-order valence-corrected chi connectivity index (χ3v) is 3.65. The maximum Gasteiger partial charge on any atom is 0.225 e. The summed E-state index contributed by atoms with van der Waals surface area (Å²) in [6, 6.07) is 0.770. The Morgan fingerprint density at radius 2 is 2.12 bits per heavy atom. The van der Waals surface area contributed by atoms with E-state index in [2.05, 4.69) is 11.5 Å². The summed E-state index contributed by atoms with van der Waals surface area (Å²) in [6.45, 7) is 5.74. The number of hydrogen-bond acceptors (Lipinski definition) is 3. The van der Waals surface area contributed by atoms with Gasteiger partial charge in [-0.1, -0.05) is 20.8 Å². The number of carbonyl (C=O) groups excluding carboxylic acids is 1. The maximum absolute atomic E-state index is 11.9. The summed E-state index contributed by atoms with van der Waals surface area (Å²) in [5.74, 6) is 0.0861. The Morgan fingerprint density at radius 1 is 1.44 bits per heavy atom. The summed E-state index contributed by atoms with van der Waals surface area (Å²) in [5.41, 5.74) is -0.348. The highest BCUT2D eigenvalue weighted by Gasteiger charge is 2.47. The van der Waals surface area contributed by atoms with Gasteiger partial charge in [0, 0.05) is 11.5 Å². The molecule has 2 fully saturated rings. The van der Waals surface area contributed by atoms with E-state index in [1.54, 1.807) is 0 Å². The van der Waals surface area contributed by atoms with Crippen LogP contribution in [0.5, 0.6) is 0 Å². The number of rotatable bonds is 1. The Labute approximate surface area is 96.6 Å². The molecule has 3 unspecified atom stereocenters. The van der Waals surface area contributed by atoms with Crippen LogP contribution in [0.3, 0.4) is 0 Å². The van der Waals surface area contributed by atoms with Crippen molar-refractivity contribution < 1.29 is 4.79 Å². The smallest absolute Gasteiger partial charge is 0.225 e. The molecule has 4 nitrogen and oxygen atoms in total. The number of carbonyl (C=O) groups is 1. The molecular weight excluding hydrogens is 202 g/mol. The quantitative estimate of drug-likeness (QED) is 0.678. The fourth-order valence-electron chi connectivity index (χ4n) is 2.68. The zero-order chi connectivity index (χ0) is 11.9. The lowest BCUT2D eigenvalue weighted by Crippen LogP contribution is -2.47. The van der Waals surface area contributed by atoms with Gasteiger partial charge >= 0.3 is 0 Å². The highest BCUT2D eigenvalue weighted by molar-refractivity contribution is 5.81. The lowest BCUT2D eigenvalue weighted by Gasteiger charge is -2.26. The highest BCUT2D eigenvalue weighted by Crippen LogP contribution is 2.37. The van der Waals surface area contributed by atoms with Gasteiger partial charge < -0.3 is 10.2 Å². The topological polar surface area (TPSA) is 56.1 Å². The van der Waals surface area contributed by atoms with E-state index < -0.39 is 0 Å². The number of hydrogen-bond donors (Lipinski definition) is 1. The average molecular weight is 221 g/mol. The monoisotopic (exact) mass is 221 g/mol. The van der Waals surface area contributed by atoms with Gasteiger partial charge in [-0.2, -0.15) is 5.26 Å². The summed E-state index contributed by atoms with van der Waals surface area (Å²) < 4.78 is 0. The summed E-state index contributed by atoms with van der Waals surface area (Å²) in [4.78, 5) is 13.7. The van der Waals surface area contributed by atoms with Crippen LogP contribution in [-0.2, 0) is 4.79 Å². The zero-order valence-electron chi connectivity index (χ0n) is 10.2. The molecule has 2 heterocycles. The fourth-order valence-corrected chi connectivity index (χ4v) is 2.68. The molecule has 2 bridgehead atoms. The molecule has 2 aliphatic rings. The molecule has 0 aromatic carbocycles. The molecule has 2 saturated heterocycles. The van der Waals surface area contributed by atoms with E-state index in [1.165, 1.54) is 0 Å². The molecular formula is C12H19N3O. The SMILES string of the molecule is CC(C)(C)C(=O)NC1CC2CCC1N2C#N. The van der Waals surface area contributed by atoms with Crippen molar-refractivity contribution in [3.05, 3.63) is 0 Å². The van der Waals surface area contributed by atoms with Crippen molar-refractivity contribution in [3.8, 4) is 6.19 Å². The zero-order valence-corrected chi connectivity index (χ0v) is 10.2. The van der Waals surface area contributed by atoms with Crippen LogP contribution in [0.15, 0.2) is 0 Å². The molecule has 0 saturated carbocycles. The Balaban J connectivity index is 2.00. The molecule has 0 aliphatic carbocycles. The van der Waals surface area contributed by atoms with E-state index in [9.17, 15) is 4.79 Å². The summed E-state index contributed by atoms with van der Waals surface area (Å²) in [7, 11) is 0. The van der Waals surface area contributed by atoms with E-state index in [1.807, 2.05) is 25.7 Å². The number of nitrogens with one attached hydrogen (secondary N) is 1. The average Bonchev–Trinajstić information content (AvgIpc) is 2.72. The molecule has 0 spiro atoms. The van der Waals surface area contributed by atoms with Gasteiger partial charge in [-0.15, -0.1) is 0 Å². The van der Waals surface area contributed by atoms with Crippen molar-refractivity contribution in [1.29, 1.82) is 5.26 Å². The second kappa shape index (κ2) is 3.65. The van der Waals surface area contributed by atoms with Crippen LogP contribution in [-0.4, -0.2) is 28.9 Å². The fraction of sp³-hybridized carbons (Fsp3) is 0.833. The van der Waals surface area contributed by atoms with E-state index in [0.717, 1.165) is 19.3 Å². The Hall–Kier alpha value is -1.24. The molecule has 0 aromatic heterocycles. The molecule has 16 heavy (non-hydrogen) atoms. The predicted octanol–water partition coefficient (Wildman–Crippen LogP) is 1.24. The van der Waals surface area contributed by atoms with Crippen molar-refractivity contribution in [2.45, 2.75) is 58.2 Å². The van der Waals surface area contributed by atoms with Crippen molar-refractivity contribution >= 4 is 5.91 Å². The Morgan fingerprint density at radius 3 is 2.62 bits per heavy atom. The minimum Gasteiger partial charge on any atom is -0.351 e. The first-order chi connectivity index (χ1) is 7.43. The van der Waals surface area contributed by atoms with Crippen LogP contribution >= 0.6 is 0 Å². The van der Waals surface area contributed by atoms with Gasteiger partial charge in [0.1, 0.15) is 0 Å². The van der Waals surface area contributed by atoms with Crippen LogP contribution in [0.25, 0.3) is 0 Å². The van der Waals surface area contributed by atoms with Crippen molar-refractivity contribution in [1.82, 2.24) is 10.2 Å². The molecule has 0 radical (unpaired) electrons. The second-order valence-corrected chi connectivity index (χ2v) is 5.87.